The van der Waals surface area contributed by atoms with Crippen LogP contribution >= 0.6 is 8.60 Å². The smallest absolute Gasteiger partial charge is 0.425 e. The van der Waals surface area contributed by atoms with Gasteiger partial charge in [0.15, 0.2) is 0 Å². The van der Waals surface area contributed by atoms with Gasteiger partial charge in [-0.25, -0.2) is 0 Å². The van der Waals surface area contributed by atoms with Crippen molar-refractivity contribution in [3.05, 3.63) is 218 Å². The third kappa shape index (κ3) is 10.4. The average molecular weight is 1370 g/mol. The van der Waals surface area contributed by atoms with E-state index in [0.717, 1.165) is 156 Å². The van der Waals surface area contributed by atoms with Gasteiger partial charge in [-0.1, -0.05) is 182 Å². The van der Waals surface area contributed by atoms with Crippen LogP contribution in [0.1, 0.15) is 116 Å². The van der Waals surface area contributed by atoms with Crippen molar-refractivity contribution < 1.29 is 42.2 Å². The van der Waals surface area contributed by atoms with Crippen molar-refractivity contribution in [3.8, 4) is 67.9 Å². The lowest BCUT2D eigenvalue weighted by Gasteiger charge is -2.55. The predicted molar refractivity (Wildman–Crippen MR) is 408 cm³/mol. The van der Waals surface area contributed by atoms with Crippen LogP contribution in [-0.4, -0.2) is 17.9 Å². The van der Waals surface area contributed by atoms with Crippen molar-refractivity contribution in [1.29, 1.82) is 0 Å². The minimum Gasteiger partial charge on any atom is -0.425 e. The van der Waals surface area contributed by atoms with E-state index in [1.165, 1.54) is 57.8 Å². The van der Waals surface area contributed by atoms with Crippen LogP contribution < -0.4 is 27.8 Å². The highest BCUT2D eigenvalue weighted by Crippen LogP contribution is 2.65. The number of fused-ring (bicyclic) bond motifs is 6. The van der Waals surface area contributed by atoms with Crippen LogP contribution in [0.15, 0.2) is 218 Å². The zero-order valence-electron chi connectivity index (χ0n) is 57.8. The Bertz CT molecular complexity index is 4890. The van der Waals surface area contributed by atoms with E-state index in [1.54, 1.807) is 0 Å². The number of ether oxygens (including phenoxy) is 3. The van der Waals surface area contributed by atoms with Crippen molar-refractivity contribution >= 4 is 91.1 Å². The highest BCUT2D eigenvalue weighted by Gasteiger charge is 2.59. The lowest BCUT2D eigenvalue weighted by atomic mass is 9.49. The zero-order valence-corrected chi connectivity index (χ0v) is 58.7. The number of rotatable bonds is 15. The minimum atomic E-state index is -2.66. The third-order valence-corrected chi connectivity index (χ3v) is 27.7. The first kappa shape index (κ1) is 62.0. The fourth-order valence-electron chi connectivity index (χ4n) is 23.5. The predicted octanol–water partition coefficient (Wildman–Crippen LogP) is 23.7. The molecule has 0 heterocycles. The number of esters is 3. The molecule has 12 aromatic rings. The standard InChI is InChI=1S/C93H81O9P/c94-88(91-46-55-37-56(47-91)39-57(38-55)48-91)97-76-31-25-64-13-1-7-19-70(64)82(76)85-73-22-10-4-16-67(73)28-34-79(85)100-103(101-80-35-29-68-17-5-11-23-74(68)86(80)83-71-20-8-2-14-65(71)26-32-77(83)98-89(95)92-49-58-40-59(50-92)42-60(41-58)51-92)102-81-36-30-69-18-6-12-24-75(69)87(81)84-72-21-9-3-15-66(72)27-33-78(84)99-90(96)93-52-61-43-62(53-93)45-63(44-61)54-93/h1-36,55-63H,37-54H2. The first-order valence-corrected chi connectivity index (χ1v) is 39.2. The summed E-state index contributed by atoms with van der Waals surface area (Å²) in [7, 11) is -2.66. The summed E-state index contributed by atoms with van der Waals surface area (Å²) in [5, 5.41) is 11.2. The van der Waals surface area contributed by atoms with Gasteiger partial charge in [0.25, 0.3) is 0 Å². The van der Waals surface area contributed by atoms with Crippen molar-refractivity contribution in [2.24, 2.45) is 69.5 Å². The van der Waals surface area contributed by atoms with Gasteiger partial charge in [-0.3, -0.25) is 14.4 Å². The van der Waals surface area contributed by atoms with Gasteiger partial charge in [0.05, 0.1) is 16.2 Å². The third-order valence-electron chi connectivity index (χ3n) is 26.6. The van der Waals surface area contributed by atoms with Crippen LogP contribution in [0.5, 0.6) is 34.5 Å². The Kier molecular flexibility index (Phi) is 14.5. The monoisotopic (exact) mass is 1370 g/mol. The molecule has 0 aromatic heterocycles. The topological polar surface area (TPSA) is 107 Å². The van der Waals surface area contributed by atoms with Gasteiger partial charge < -0.3 is 27.8 Å². The summed E-state index contributed by atoms with van der Waals surface area (Å²) in [5.74, 6) is 7.22. The van der Waals surface area contributed by atoms with E-state index in [0.29, 0.717) is 87.8 Å². The van der Waals surface area contributed by atoms with Crippen LogP contribution in [0.25, 0.3) is 98.0 Å². The second-order valence-electron chi connectivity index (χ2n) is 33.2. The zero-order chi connectivity index (χ0) is 68.3. The summed E-state index contributed by atoms with van der Waals surface area (Å²) >= 11 is 0. The molecule has 103 heavy (non-hydrogen) atoms. The molecular weight excluding hydrogens is 1290 g/mol. The van der Waals surface area contributed by atoms with Gasteiger partial charge in [0, 0.05) is 33.4 Å². The highest BCUT2D eigenvalue weighted by atomic mass is 31.2. The molecule has 12 fully saturated rings. The van der Waals surface area contributed by atoms with Gasteiger partial charge in [0.2, 0.25) is 0 Å². The molecule has 0 spiro atoms. The van der Waals surface area contributed by atoms with E-state index in [2.05, 4.69) is 146 Å². The summed E-state index contributed by atoms with van der Waals surface area (Å²) in [6.45, 7) is 0. The molecule has 0 atom stereocenters. The molecule has 0 aliphatic heterocycles. The molecular formula is C93H81O9P. The molecule has 0 unspecified atom stereocenters. The van der Waals surface area contributed by atoms with Crippen molar-refractivity contribution in [1.82, 2.24) is 0 Å². The van der Waals surface area contributed by atoms with E-state index >= 15 is 14.4 Å². The molecule has 9 nitrogen and oxygen atoms in total. The molecule has 512 valence electrons. The van der Waals surface area contributed by atoms with Crippen molar-refractivity contribution in [3.63, 3.8) is 0 Å². The number of benzene rings is 12. The SMILES string of the molecule is O=C(Oc1ccc2ccccc2c1-c1c(OP(Oc2ccc3ccccc3c2-c2c(OC(=O)C34CC5CC(CC(C5)C3)C4)ccc3ccccc23)Oc2ccc3ccccc3c2-c2c(OC(=O)C34CC5CC(CC(C5)C3)C4)ccc3ccccc23)ccc2ccccc12)C12CC3CC(CC(C3)C1)C2. The van der Waals surface area contributed by atoms with Gasteiger partial charge in [-0.05, 0) is 270 Å². The molecule has 24 rings (SSSR count). The Balaban J connectivity index is 0.763. The second kappa shape index (κ2) is 24.0. The van der Waals surface area contributed by atoms with Gasteiger partial charge in [0.1, 0.15) is 34.5 Å². The first-order valence-electron chi connectivity index (χ1n) is 38.1. The lowest BCUT2D eigenvalue weighted by molar-refractivity contribution is -0.162. The fourth-order valence-corrected chi connectivity index (χ4v) is 24.6. The average Bonchev–Trinajstić information content (AvgIpc) is 0.749. The van der Waals surface area contributed by atoms with Gasteiger partial charge >= 0.3 is 26.5 Å². The molecule has 12 aromatic carbocycles. The Labute approximate surface area is 601 Å². The number of carbonyl (C=O) groups excluding carboxylic acids is 3. The Morgan fingerprint density at radius 3 is 0.612 bits per heavy atom. The van der Waals surface area contributed by atoms with Gasteiger partial charge in [-0.2, -0.15) is 0 Å². The van der Waals surface area contributed by atoms with Crippen LogP contribution in [-0.2, 0) is 14.4 Å². The Hall–Kier alpha value is -9.56. The number of carbonyl (C=O) groups is 3. The maximum Gasteiger partial charge on any atom is 0.530 e. The largest absolute Gasteiger partial charge is 0.530 e. The van der Waals surface area contributed by atoms with E-state index in [-0.39, 0.29) is 17.9 Å². The van der Waals surface area contributed by atoms with Crippen LogP contribution in [0.2, 0.25) is 0 Å². The summed E-state index contributed by atoms with van der Waals surface area (Å²) in [5.41, 5.74) is 2.78. The Morgan fingerprint density at radius 2 is 0.408 bits per heavy atom. The Morgan fingerprint density at radius 1 is 0.233 bits per heavy atom. The summed E-state index contributed by atoms with van der Waals surface area (Å²) in [6.07, 6.45) is 18.6. The maximum atomic E-state index is 15.5. The van der Waals surface area contributed by atoms with E-state index < -0.39 is 24.8 Å². The first-order chi connectivity index (χ1) is 50.5. The highest BCUT2D eigenvalue weighted by molar-refractivity contribution is 7.43. The van der Waals surface area contributed by atoms with E-state index in [1.807, 2.05) is 72.8 Å². The molecule has 12 bridgehead atoms. The normalized spacial score (nSPS) is 27.8. The molecule has 10 heteroatoms. The van der Waals surface area contributed by atoms with Crippen LogP contribution in [0.4, 0.5) is 0 Å². The second-order valence-corrected chi connectivity index (χ2v) is 34.2. The van der Waals surface area contributed by atoms with Crippen LogP contribution in [0.3, 0.4) is 0 Å². The molecule has 0 amide bonds. The van der Waals surface area contributed by atoms with Crippen LogP contribution in [0, 0.1) is 69.5 Å². The molecule has 12 saturated carbocycles. The lowest BCUT2D eigenvalue weighted by Crippen LogP contribution is -2.51. The molecule has 0 saturated heterocycles. The molecule has 12 aliphatic carbocycles. The quantitative estimate of drug-likeness (QED) is 0.0563. The summed E-state index contributed by atoms with van der Waals surface area (Å²) in [4.78, 5) is 46.4. The minimum absolute atomic E-state index is 0.139. The number of hydrogen-bond acceptors (Lipinski definition) is 9. The number of hydrogen-bond donors (Lipinski definition) is 0. The van der Waals surface area contributed by atoms with Crippen molar-refractivity contribution in [2.45, 2.75) is 116 Å². The molecule has 0 N–H and O–H groups in total. The fraction of sp³-hybridized carbons (Fsp3) is 0.323. The summed E-state index contributed by atoms with van der Waals surface area (Å²) < 4.78 is 44.8. The summed E-state index contributed by atoms with van der Waals surface area (Å²) in [6, 6.07) is 74.4. The van der Waals surface area contributed by atoms with Crippen molar-refractivity contribution in [2.75, 3.05) is 0 Å². The molecule has 0 radical (unpaired) electrons. The van der Waals surface area contributed by atoms with E-state index in [9.17, 15) is 0 Å². The maximum absolute atomic E-state index is 15.5. The molecule has 12 aliphatic rings. The van der Waals surface area contributed by atoms with Gasteiger partial charge in [-0.15, -0.1) is 0 Å². The van der Waals surface area contributed by atoms with E-state index in [4.69, 9.17) is 27.8 Å².